The molecule has 2 unspecified atom stereocenters. The molecule has 0 spiro atoms. The molecule has 0 aliphatic carbocycles. The molecule has 4 rings (SSSR count). The normalized spacial score (nSPS) is 12.0. The molecule has 0 saturated heterocycles. The molecule has 0 amide bonds. The fraction of sp³-hybridized carbons (Fsp3) is 0.185. The van der Waals surface area contributed by atoms with Gasteiger partial charge in [0.1, 0.15) is 0 Å². The monoisotopic (exact) mass is 606 g/mol. The van der Waals surface area contributed by atoms with Crippen LogP contribution in [0.25, 0.3) is 33.8 Å². The molecule has 1 aromatic heterocycles. The fourth-order valence-corrected chi connectivity index (χ4v) is 3.17. The van der Waals surface area contributed by atoms with Crippen LogP contribution >= 0.6 is 0 Å². The molecule has 0 fully saturated rings. The topological polar surface area (TPSA) is 66.2 Å². The van der Waals surface area contributed by atoms with Crippen molar-refractivity contribution in [3.63, 3.8) is 0 Å². The number of hydrogen-bond acceptors (Lipinski definition) is 4. The summed E-state index contributed by atoms with van der Waals surface area (Å²) < 4.78 is 0. The first-order valence-electron chi connectivity index (χ1n) is 10.4. The predicted octanol–water partition coefficient (Wildman–Crippen LogP) is 5.41. The maximum absolute atomic E-state index is 8.56. The van der Waals surface area contributed by atoms with Gasteiger partial charge in [0.2, 0.25) is 0 Å². The Morgan fingerprint density at radius 2 is 1.31 bits per heavy atom. The van der Waals surface area contributed by atoms with E-state index in [4.69, 9.17) is 20.2 Å². The second-order valence-electron chi connectivity index (χ2n) is 7.39. The van der Waals surface area contributed by atoms with Gasteiger partial charge < -0.3 is 15.2 Å². The molecular formula is C27H27N2O2Pt-. The third-order valence-corrected chi connectivity index (χ3v) is 4.54. The molecule has 168 valence electrons. The molecule has 1 heterocycles. The number of nitrogens with zero attached hydrogens (tertiary/aromatic N) is 2. The Morgan fingerprint density at radius 1 is 0.750 bits per heavy atom. The number of aromatic nitrogens is 2. The minimum Gasteiger partial charge on any atom is -0.393 e. The average molecular weight is 607 g/mol. The van der Waals surface area contributed by atoms with Crippen LogP contribution in [0.5, 0.6) is 0 Å². The van der Waals surface area contributed by atoms with Gasteiger partial charge in [-0.25, -0.2) is 0 Å². The Kier molecular flexibility index (Phi) is 10.4. The first-order chi connectivity index (χ1) is 15.0. The van der Waals surface area contributed by atoms with Crippen LogP contribution in [0.1, 0.15) is 20.3 Å². The molecule has 0 aliphatic heterocycles. The van der Waals surface area contributed by atoms with Crippen LogP contribution in [0.2, 0.25) is 0 Å². The Balaban J connectivity index is 0.000000398. The van der Waals surface area contributed by atoms with Crippen LogP contribution in [0, 0.1) is 6.07 Å². The maximum Gasteiger partial charge on any atom is 0.0873 e. The number of benzene rings is 3. The zero-order valence-electron chi connectivity index (χ0n) is 18.1. The van der Waals surface area contributed by atoms with Gasteiger partial charge in [-0.05, 0) is 25.8 Å². The zero-order chi connectivity index (χ0) is 22.1. The fourth-order valence-electron chi connectivity index (χ4n) is 3.17. The van der Waals surface area contributed by atoms with Gasteiger partial charge in [0.15, 0.2) is 0 Å². The van der Waals surface area contributed by atoms with E-state index >= 15 is 0 Å². The van der Waals surface area contributed by atoms with Crippen molar-refractivity contribution in [1.82, 2.24) is 9.97 Å². The molecule has 4 nitrogen and oxygen atoms in total. The molecule has 0 bridgehead atoms. The van der Waals surface area contributed by atoms with Crippen molar-refractivity contribution in [2.75, 3.05) is 0 Å². The molecule has 3 aromatic carbocycles. The zero-order valence-corrected chi connectivity index (χ0v) is 20.4. The van der Waals surface area contributed by atoms with Gasteiger partial charge in [-0.15, -0.1) is 35.9 Å². The molecular weight excluding hydrogens is 579 g/mol. The van der Waals surface area contributed by atoms with E-state index in [0.29, 0.717) is 6.42 Å². The van der Waals surface area contributed by atoms with E-state index < -0.39 is 0 Å². The van der Waals surface area contributed by atoms with Crippen LogP contribution in [-0.4, -0.2) is 32.4 Å². The van der Waals surface area contributed by atoms with E-state index in [9.17, 15) is 0 Å². The quantitative estimate of drug-likeness (QED) is 0.298. The van der Waals surface area contributed by atoms with Gasteiger partial charge in [-0.1, -0.05) is 60.7 Å². The van der Waals surface area contributed by atoms with Gasteiger partial charge in [0.05, 0.1) is 23.6 Å². The first-order valence-corrected chi connectivity index (χ1v) is 10.4. The summed E-state index contributed by atoms with van der Waals surface area (Å²) in [4.78, 5) is 9.61. The number of hydrogen-bond donors (Lipinski definition) is 2. The summed E-state index contributed by atoms with van der Waals surface area (Å²) in [6, 6.07) is 31.4. The predicted molar refractivity (Wildman–Crippen MR) is 125 cm³/mol. The molecule has 0 saturated carbocycles. The second kappa shape index (κ2) is 13.0. The summed E-state index contributed by atoms with van der Waals surface area (Å²) in [5.74, 6) is 0. The summed E-state index contributed by atoms with van der Waals surface area (Å²) >= 11 is 0. The van der Waals surface area contributed by atoms with E-state index in [1.165, 1.54) is 0 Å². The Hall–Kier alpha value is -2.65. The van der Waals surface area contributed by atoms with Crippen LogP contribution in [0.4, 0.5) is 0 Å². The van der Waals surface area contributed by atoms with Crippen molar-refractivity contribution in [3.8, 4) is 33.8 Å². The third-order valence-electron chi connectivity index (χ3n) is 4.54. The van der Waals surface area contributed by atoms with E-state index in [-0.39, 0.29) is 33.3 Å². The molecule has 5 heteroatoms. The Labute approximate surface area is 204 Å². The minimum absolute atomic E-state index is 0. The molecule has 2 atom stereocenters. The first kappa shape index (κ1) is 25.6. The molecule has 4 aromatic rings. The van der Waals surface area contributed by atoms with Crippen LogP contribution in [0.3, 0.4) is 0 Å². The van der Waals surface area contributed by atoms with E-state index in [2.05, 4.69) is 18.2 Å². The summed E-state index contributed by atoms with van der Waals surface area (Å²) in [5, 5.41) is 17.1. The second-order valence-corrected chi connectivity index (χ2v) is 7.39. The van der Waals surface area contributed by atoms with Gasteiger partial charge in [0, 0.05) is 38.5 Å². The molecule has 0 radical (unpaired) electrons. The van der Waals surface area contributed by atoms with E-state index in [1.807, 2.05) is 79.0 Å². The largest absolute Gasteiger partial charge is 0.393 e. The van der Waals surface area contributed by atoms with Gasteiger partial charge in [0.25, 0.3) is 0 Å². The Bertz CT molecular complexity index is 1050. The van der Waals surface area contributed by atoms with Crippen LogP contribution in [-0.2, 0) is 21.1 Å². The van der Waals surface area contributed by atoms with Crippen LogP contribution < -0.4 is 0 Å². The van der Waals surface area contributed by atoms with E-state index in [1.54, 1.807) is 13.8 Å². The van der Waals surface area contributed by atoms with Gasteiger partial charge in [-0.3, -0.25) is 4.98 Å². The summed E-state index contributed by atoms with van der Waals surface area (Å²) in [6.07, 6.45) is 1.55. The van der Waals surface area contributed by atoms with Crippen molar-refractivity contribution < 1.29 is 31.3 Å². The number of rotatable bonds is 5. The smallest absolute Gasteiger partial charge is 0.0873 e. The SMILES string of the molecule is CC(O)CC(C)O.[Pt].[c-]1ccccc1-c1ncc(-c2ccccc2)nc1-c1ccccc1. The minimum atomic E-state index is -0.375. The number of aliphatic hydroxyl groups is 2. The van der Waals surface area contributed by atoms with Gasteiger partial charge in [-0.2, -0.15) is 0 Å². The van der Waals surface area contributed by atoms with E-state index in [0.717, 1.165) is 33.8 Å². The average Bonchev–Trinajstić information content (AvgIpc) is 2.80. The van der Waals surface area contributed by atoms with Crippen molar-refractivity contribution >= 4 is 0 Å². The summed E-state index contributed by atoms with van der Waals surface area (Å²) in [6.45, 7) is 3.32. The van der Waals surface area contributed by atoms with Crippen LogP contribution in [0.15, 0.2) is 91.1 Å². The summed E-state index contributed by atoms with van der Waals surface area (Å²) in [5.41, 5.74) is 5.65. The van der Waals surface area contributed by atoms with Crippen molar-refractivity contribution in [3.05, 3.63) is 97.2 Å². The Morgan fingerprint density at radius 3 is 1.81 bits per heavy atom. The van der Waals surface area contributed by atoms with Crippen molar-refractivity contribution in [2.24, 2.45) is 0 Å². The molecule has 2 N–H and O–H groups in total. The molecule has 32 heavy (non-hydrogen) atoms. The number of aliphatic hydroxyl groups excluding tert-OH is 2. The third kappa shape index (κ3) is 7.49. The standard InChI is InChI=1S/C22H15N2.C5H12O2.Pt/c1-4-10-17(11-5-1)20-16-23-21(18-12-6-2-7-13-18)22(24-20)19-14-8-3-9-15-19;1-4(6)3-5(2)7;/h1-12,14-16H;4-7H,3H2,1-2H3;/q-1;;. The molecule has 0 aliphatic rings. The van der Waals surface area contributed by atoms with Crippen molar-refractivity contribution in [1.29, 1.82) is 0 Å². The van der Waals surface area contributed by atoms with Gasteiger partial charge >= 0.3 is 0 Å². The van der Waals surface area contributed by atoms with Crippen molar-refractivity contribution in [2.45, 2.75) is 32.5 Å². The summed E-state index contributed by atoms with van der Waals surface area (Å²) in [7, 11) is 0. The maximum atomic E-state index is 8.56.